The quantitative estimate of drug-likeness (QED) is 0.600. The van der Waals surface area contributed by atoms with Gasteiger partial charge in [0.1, 0.15) is 0 Å². The van der Waals surface area contributed by atoms with Crippen molar-refractivity contribution >= 4 is 0 Å². The smallest absolute Gasteiger partial charge is 0.00463 e. The van der Waals surface area contributed by atoms with Crippen LogP contribution in [0.3, 0.4) is 0 Å². The molecule has 57 valence electrons. The Labute approximate surface area is 68.3 Å². The van der Waals surface area contributed by atoms with Crippen molar-refractivity contribution in [3.63, 3.8) is 0 Å². The molecule has 0 nitrogen and oxygen atoms in total. The molecule has 0 aliphatic heterocycles. The lowest BCUT2D eigenvalue weighted by Gasteiger charge is -2.11. The van der Waals surface area contributed by atoms with Gasteiger partial charge in [-0.25, -0.2) is 0 Å². The second kappa shape index (κ2) is 2.37. The van der Waals surface area contributed by atoms with Gasteiger partial charge in [-0.1, -0.05) is 37.3 Å². The average molecular weight is 145 g/mol. The first kappa shape index (κ1) is 6.90. The van der Waals surface area contributed by atoms with E-state index < -0.39 is 0 Å². The molecule has 0 heteroatoms. The van der Waals surface area contributed by atoms with Crippen molar-refractivity contribution in [2.24, 2.45) is 0 Å². The standard InChI is InChI=1S/C11H13/c1-2-11(8-9-11)10-6-4-3-5-7-10/h3-7H,1-2,8-9H2. The predicted molar refractivity (Wildman–Crippen MR) is 47.3 cm³/mol. The Bertz CT molecular complexity index is 231. The van der Waals surface area contributed by atoms with Crippen LogP contribution in [0.4, 0.5) is 0 Å². The van der Waals surface area contributed by atoms with Gasteiger partial charge in [0.25, 0.3) is 0 Å². The van der Waals surface area contributed by atoms with E-state index in [0.29, 0.717) is 5.41 Å². The van der Waals surface area contributed by atoms with E-state index in [9.17, 15) is 0 Å². The second-order valence-corrected chi connectivity index (χ2v) is 3.40. The molecule has 1 aliphatic carbocycles. The van der Waals surface area contributed by atoms with Crippen LogP contribution in [0.2, 0.25) is 0 Å². The summed E-state index contributed by atoms with van der Waals surface area (Å²) in [6, 6.07) is 10.7. The molecule has 0 aromatic heterocycles. The van der Waals surface area contributed by atoms with Gasteiger partial charge in [0, 0.05) is 0 Å². The summed E-state index contributed by atoms with van der Waals surface area (Å²) >= 11 is 0. The van der Waals surface area contributed by atoms with Gasteiger partial charge in [-0.05, 0) is 30.2 Å². The molecule has 0 unspecified atom stereocenters. The molecular formula is C11H13. The lowest BCUT2D eigenvalue weighted by Crippen LogP contribution is -2.03. The van der Waals surface area contributed by atoms with Crippen molar-refractivity contribution in [2.45, 2.75) is 24.7 Å². The van der Waals surface area contributed by atoms with Crippen molar-refractivity contribution in [2.75, 3.05) is 0 Å². The highest BCUT2D eigenvalue weighted by atomic mass is 14.5. The Balaban J connectivity index is 2.30. The van der Waals surface area contributed by atoms with Crippen LogP contribution in [0, 0.1) is 6.92 Å². The molecule has 1 aromatic carbocycles. The molecule has 0 spiro atoms. The van der Waals surface area contributed by atoms with Crippen LogP contribution in [0.25, 0.3) is 0 Å². The minimum absolute atomic E-state index is 0.473. The minimum Gasteiger partial charge on any atom is -0.0622 e. The van der Waals surface area contributed by atoms with Crippen LogP contribution in [-0.4, -0.2) is 0 Å². The zero-order valence-corrected chi connectivity index (χ0v) is 6.72. The maximum atomic E-state index is 4.00. The highest BCUT2D eigenvalue weighted by Gasteiger charge is 2.41. The lowest BCUT2D eigenvalue weighted by atomic mass is 9.94. The van der Waals surface area contributed by atoms with Gasteiger partial charge >= 0.3 is 0 Å². The molecule has 2 rings (SSSR count). The molecule has 1 aromatic rings. The summed E-state index contributed by atoms with van der Waals surface area (Å²) in [5, 5.41) is 0. The maximum absolute atomic E-state index is 4.00. The van der Waals surface area contributed by atoms with Gasteiger partial charge in [0.2, 0.25) is 0 Å². The van der Waals surface area contributed by atoms with Crippen molar-refractivity contribution in [1.82, 2.24) is 0 Å². The third-order valence-corrected chi connectivity index (χ3v) is 2.72. The van der Waals surface area contributed by atoms with E-state index in [4.69, 9.17) is 0 Å². The van der Waals surface area contributed by atoms with Crippen molar-refractivity contribution in [3.8, 4) is 0 Å². The van der Waals surface area contributed by atoms with Gasteiger partial charge in [0.15, 0.2) is 0 Å². The number of hydrogen-bond donors (Lipinski definition) is 0. The summed E-state index contributed by atoms with van der Waals surface area (Å²) in [6.07, 6.45) is 3.72. The number of benzene rings is 1. The predicted octanol–water partition coefficient (Wildman–Crippen LogP) is 2.94. The van der Waals surface area contributed by atoms with E-state index in [1.54, 1.807) is 0 Å². The molecule has 0 N–H and O–H groups in total. The monoisotopic (exact) mass is 145 g/mol. The second-order valence-electron chi connectivity index (χ2n) is 3.40. The fourth-order valence-corrected chi connectivity index (χ4v) is 1.63. The Morgan fingerprint density at radius 2 is 1.82 bits per heavy atom. The van der Waals surface area contributed by atoms with Crippen LogP contribution in [0.15, 0.2) is 30.3 Å². The topological polar surface area (TPSA) is 0 Å². The Hall–Kier alpha value is -0.780. The zero-order valence-electron chi connectivity index (χ0n) is 6.72. The molecule has 1 saturated carbocycles. The lowest BCUT2D eigenvalue weighted by molar-refractivity contribution is 0.704. The van der Waals surface area contributed by atoms with Gasteiger partial charge in [-0.2, -0.15) is 0 Å². The Morgan fingerprint density at radius 1 is 1.18 bits per heavy atom. The highest BCUT2D eigenvalue weighted by molar-refractivity contribution is 5.30. The van der Waals surface area contributed by atoms with E-state index >= 15 is 0 Å². The third kappa shape index (κ3) is 1.07. The van der Waals surface area contributed by atoms with Gasteiger partial charge in [-0.15, -0.1) is 0 Å². The van der Waals surface area contributed by atoms with Gasteiger partial charge in [0.05, 0.1) is 0 Å². The maximum Gasteiger partial charge on any atom is -0.00463 e. The molecule has 1 fully saturated rings. The summed E-state index contributed by atoms with van der Waals surface area (Å²) in [4.78, 5) is 0. The Kier molecular flexibility index (Phi) is 1.49. The molecule has 0 saturated heterocycles. The van der Waals surface area contributed by atoms with E-state index in [0.717, 1.165) is 6.42 Å². The highest BCUT2D eigenvalue weighted by Crippen LogP contribution is 2.50. The van der Waals surface area contributed by atoms with Crippen LogP contribution in [0.5, 0.6) is 0 Å². The first-order valence-corrected chi connectivity index (χ1v) is 4.22. The molecule has 11 heavy (non-hydrogen) atoms. The van der Waals surface area contributed by atoms with Crippen LogP contribution < -0.4 is 0 Å². The van der Waals surface area contributed by atoms with Crippen LogP contribution in [-0.2, 0) is 5.41 Å². The molecule has 1 radical (unpaired) electrons. The van der Waals surface area contributed by atoms with Crippen molar-refractivity contribution < 1.29 is 0 Å². The van der Waals surface area contributed by atoms with E-state index in [2.05, 4.69) is 37.3 Å². The Morgan fingerprint density at radius 3 is 2.27 bits per heavy atom. The van der Waals surface area contributed by atoms with Gasteiger partial charge in [-0.3, -0.25) is 0 Å². The molecular weight excluding hydrogens is 132 g/mol. The summed E-state index contributed by atoms with van der Waals surface area (Å²) < 4.78 is 0. The molecule has 1 aliphatic rings. The summed E-state index contributed by atoms with van der Waals surface area (Å²) in [5.74, 6) is 0. The number of hydrogen-bond acceptors (Lipinski definition) is 0. The number of rotatable bonds is 2. The first-order valence-electron chi connectivity index (χ1n) is 4.22. The van der Waals surface area contributed by atoms with Crippen LogP contribution >= 0.6 is 0 Å². The fourth-order valence-electron chi connectivity index (χ4n) is 1.63. The normalized spacial score (nSPS) is 19.7. The largest absolute Gasteiger partial charge is 0.0622 e. The molecule has 0 heterocycles. The van der Waals surface area contributed by atoms with Crippen molar-refractivity contribution in [1.29, 1.82) is 0 Å². The first-order chi connectivity index (χ1) is 5.37. The third-order valence-electron chi connectivity index (χ3n) is 2.72. The SMILES string of the molecule is [CH2]CC1(c2ccccc2)CC1. The molecule has 0 atom stereocenters. The molecule has 0 amide bonds. The fraction of sp³-hybridized carbons (Fsp3) is 0.364. The van der Waals surface area contributed by atoms with E-state index in [1.807, 2.05) is 0 Å². The minimum atomic E-state index is 0.473. The van der Waals surface area contributed by atoms with Crippen molar-refractivity contribution in [3.05, 3.63) is 42.8 Å². The average Bonchev–Trinajstić information content (AvgIpc) is 2.86. The zero-order chi connectivity index (χ0) is 7.73. The summed E-state index contributed by atoms with van der Waals surface area (Å²) in [5.41, 5.74) is 1.95. The summed E-state index contributed by atoms with van der Waals surface area (Å²) in [7, 11) is 0. The van der Waals surface area contributed by atoms with E-state index in [-0.39, 0.29) is 0 Å². The van der Waals surface area contributed by atoms with E-state index in [1.165, 1.54) is 18.4 Å². The van der Waals surface area contributed by atoms with Gasteiger partial charge < -0.3 is 0 Å². The molecule has 0 bridgehead atoms. The summed E-state index contributed by atoms with van der Waals surface area (Å²) in [6.45, 7) is 4.00. The van der Waals surface area contributed by atoms with Crippen LogP contribution in [0.1, 0.15) is 24.8 Å².